The summed E-state index contributed by atoms with van der Waals surface area (Å²) >= 11 is 1.53. The van der Waals surface area contributed by atoms with E-state index in [2.05, 4.69) is 5.32 Å². The van der Waals surface area contributed by atoms with E-state index in [1.54, 1.807) is 12.1 Å². The fourth-order valence-corrected chi connectivity index (χ4v) is 3.68. The number of carbonyl (C=O) groups excluding carboxylic acids is 2. The van der Waals surface area contributed by atoms with Crippen LogP contribution in [0.4, 0.5) is 0 Å². The molecule has 1 N–H and O–H groups in total. The standard InChI is InChI=1S/C17H19NO5S2/c1-12(15-4-3-9-24-15)18-16(19)10-23-17(20)14-7-5-13(6-8-14)11-25(2,21)22/h3-9,12H,10-11H2,1-2H3,(H,18,19)/t12-/m1/s1. The Kier molecular flexibility index (Phi) is 6.33. The molecule has 0 unspecified atom stereocenters. The van der Waals surface area contributed by atoms with Crippen molar-refractivity contribution in [3.8, 4) is 0 Å². The maximum absolute atomic E-state index is 11.9. The SMILES string of the molecule is C[C@@H](NC(=O)COC(=O)c1ccc(CS(C)(=O)=O)cc1)c1cccs1. The molecule has 0 bridgehead atoms. The number of sulfone groups is 1. The van der Waals surface area contributed by atoms with E-state index < -0.39 is 15.8 Å². The Labute approximate surface area is 150 Å². The zero-order valence-electron chi connectivity index (χ0n) is 13.9. The maximum atomic E-state index is 11.9. The molecule has 134 valence electrons. The Morgan fingerprint density at radius 1 is 1.20 bits per heavy atom. The van der Waals surface area contributed by atoms with Crippen molar-refractivity contribution in [2.75, 3.05) is 12.9 Å². The number of amides is 1. The van der Waals surface area contributed by atoms with E-state index in [1.807, 2.05) is 24.4 Å². The summed E-state index contributed by atoms with van der Waals surface area (Å²) in [4.78, 5) is 24.8. The van der Waals surface area contributed by atoms with Crippen molar-refractivity contribution < 1.29 is 22.7 Å². The van der Waals surface area contributed by atoms with Crippen LogP contribution in [0.3, 0.4) is 0 Å². The zero-order chi connectivity index (χ0) is 18.4. The average molecular weight is 381 g/mol. The van der Waals surface area contributed by atoms with E-state index in [0.717, 1.165) is 11.1 Å². The second kappa shape index (κ2) is 8.26. The van der Waals surface area contributed by atoms with Gasteiger partial charge in [0.1, 0.15) is 0 Å². The summed E-state index contributed by atoms with van der Waals surface area (Å²) in [5.74, 6) is -1.11. The molecule has 0 saturated carbocycles. The van der Waals surface area contributed by atoms with Crippen LogP contribution in [-0.2, 0) is 25.1 Å². The van der Waals surface area contributed by atoms with Crippen molar-refractivity contribution in [2.24, 2.45) is 0 Å². The van der Waals surface area contributed by atoms with Gasteiger partial charge in [-0.2, -0.15) is 0 Å². The Morgan fingerprint density at radius 3 is 2.44 bits per heavy atom. The fraction of sp³-hybridized carbons (Fsp3) is 0.294. The molecule has 2 aromatic rings. The normalized spacial score (nSPS) is 12.4. The number of hydrogen-bond acceptors (Lipinski definition) is 6. The first kappa shape index (κ1) is 19.1. The van der Waals surface area contributed by atoms with E-state index in [4.69, 9.17) is 4.74 Å². The number of rotatable bonds is 7. The second-order valence-electron chi connectivity index (χ2n) is 5.65. The first-order valence-corrected chi connectivity index (χ1v) is 10.4. The number of esters is 1. The largest absolute Gasteiger partial charge is 0.452 e. The van der Waals surface area contributed by atoms with E-state index in [0.29, 0.717) is 5.56 Å². The van der Waals surface area contributed by atoms with Crippen molar-refractivity contribution in [3.63, 3.8) is 0 Å². The minimum Gasteiger partial charge on any atom is -0.452 e. The Hall–Kier alpha value is -2.19. The van der Waals surface area contributed by atoms with Crippen LogP contribution in [0.2, 0.25) is 0 Å². The van der Waals surface area contributed by atoms with Crippen LogP contribution in [0.25, 0.3) is 0 Å². The lowest BCUT2D eigenvalue weighted by atomic mass is 10.1. The molecule has 25 heavy (non-hydrogen) atoms. The van der Waals surface area contributed by atoms with Crippen LogP contribution in [0.15, 0.2) is 41.8 Å². The van der Waals surface area contributed by atoms with Crippen molar-refractivity contribution in [1.29, 1.82) is 0 Å². The quantitative estimate of drug-likeness (QED) is 0.744. The lowest BCUT2D eigenvalue weighted by Crippen LogP contribution is -2.30. The number of thiophene rings is 1. The van der Waals surface area contributed by atoms with E-state index in [-0.39, 0.29) is 29.9 Å². The molecular formula is C17H19NO5S2. The van der Waals surface area contributed by atoms with Crippen LogP contribution >= 0.6 is 11.3 Å². The summed E-state index contributed by atoms with van der Waals surface area (Å²) in [5.41, 5.74) is 0.845. The van der Waals surface area contributed by atoms with Gasteiger partial charge in [0.2, 0.25) is 0 Å². The molecule has 0 aliphatic rings. The Balaban J connectivity index is 1.84. The molecule has 1 atom stereocenters. The van der Waals surface area contributed by atoms with Gasteiger partial charge in [-0.25, -0.2) is 13.2 Å². The van der Waals surface area contributed by atoms with Gasteiger partial charge < -0.3 is 10.1 Å². The van der Waals surface area contributed by atoms with Crippen LogP contribution in [0.1, 0.15) is 33.8 Å². The van der Waals surface area contributed by atoms with Crippen LogP contribution in [0.5, 0.6) is 0 Å². The van der Waals surface area contributed by atoms with Crippen LogP contribution < -0.4 is 5.32 Å². The third-order valence-corrected chi connectivity index (χ3v) is 5.21. The molecule has 8 heteroatoms. The first-order chi connectivity index (χ1) is 11.7. The van der Waals surface area contributed by atoms with Gasteiger partial charge in [0.25, 0.3) is 5.91 Å². The molecule has 0 saturated heterocycles. The molecule has 0 aliphatic heterocycles. The molecular weight excluding hydrogens is 362 g/mol. The van der Waals surface area contributed by atoms with Crippen molar-refractivity contribution in [3.05, 3.63) is 57.8 Å². The highest BCUT2D eigenvalue weighted by atomic mass is 32.2. The van der Waals surface area contributed by atoms with Gasteiger partial charge in [0.15, 0.2) is 16.4 Å². The Bertz CT molecular complexity index is 826. The molecule has 6 nitrogen and oxygen atoms in total. The summed E-state index contributed by atoms with van der Waals surface area (Å²) in [7, 11) is -3.13. The molecule has 1 aromatic carbocycles. The zero-order valence-corrected chi connectivity index (χ0v) is 15.5. The molecule has 0 spiro atoms. The molecule has 0 aliphatic carbocycles. The summed E-state index contributed by atoms with van der Waals surface area (Å²) in [6.45, 7) is 1.48. The van der Waals surface area contributed by atoms with Crippen molar-refractivity contribution in [2.45, 2.75) is 18.7 Å². The fourth-order valence-electron chi connectivity index (χ4n) is 2.15. The topological polar surface area (TPSA) is 89.5 Å². The summed E-state index contributed by atoms with van der Waals surface area (Å²) in [6.07, 6.45) is 1.14. The van der Waals surface area contributed by atoms with Gasteiger partial charge in [-0.3, -0.25) is 4.79 Å². The molecule has 0 radical (unpaired) electrons. The molecule has 2 rings (SSSR count). The van der Waals surface area contributed by atoms with Crippen molar-refractivity contribution >= 4 is 33.1 Å². The highest BCUT2D eigenvalue weighted by Crippen LogP contribution is 2.17. The maximum Gasteiger partial charge on any atom is 0.338 e. The number of carbonyl (C=O) groups is 2. The average Bonchev–Trinajstić information content (AvgIpc) is 3.06. The van der Waals surface area contributed by atoms with Crippen LogP contribution in [-0.4, -0.2) is 33.2 Å². The number of benzene rings is 1. The summed E-state index contributed by atoms with van der Waals surface area (Å²) in [6, 6.07) is 9.73. The molecule has 1 aromatic heterocycles. The lowest BCUT2D eigenvalue weighted by molar-refractivity contribution is -0.124. The highest BCUT2D eigenvalue weighted by Gasteiger charge is 2.14. The highest BCUT2D eigenvalue weighted by molar-refractivity contribution is 7.89. The predicted molar refractivity (Wildman–Crippen MR) is 96.1 cm³/mol. The molecule has 1 amide bonds. The first-order valence-electron chi connectivity index (χ1n) is 7.51. The van der Waals surface area contributed by atoms with Crippen molar-refractivity contribution in [1.82, 2.24) is 5.32 Å². The van der Waals surface area contributed by atoms with Gasteiger partial charge in [-0.05, 0) is 36.1 Å². The predicted octanol–water partition coefficient (Wildman–Crippen LogP) is 2.33. The minimum absolute atomic E-state index is 0.0919. The molecule has 1 heterocycles. The molecule has 0 fully saturated rings. The van der Waals surface area contributed by atoms with Crippen LogP contribution in [0, 0.1) is 0 Å². The number of nitrogens with one attached hydrogen (secondary N) is 1. The lowest BCUT2D eigenvalue weighted by Gasteiger charge is -2.12. The smallest absolute Gasteiger partial charge is 0.338 e. The Morgan fingerprint density at radius 2 is 1.88 bits per heavy atom. The summed E-state index contributed by atoms with van der Waals surface area (Å²) in [5, 5.41) is 4.67. The monoisotopic (exact) mass is 381 g/mol. The van der Waals surface area contributed by atoms with Gasteiger partial charge in [-0.1, -0.05) is 18.2 Å². The van der Waals surface area contributed by atoms with Gasteiger partial charge in [0.05, 0.1) is 17.4 Å². The number of ether oxygens (including phenoxy) is 1. The third kappa shape index (κ3) is 6.32. The van der Waals surface area contributed by atoms with E-state index >= 15 is 0 Å². The minimum atomic E-state index is -3.13. The third-order valence-electron chi connectivity index (χ3n) is 3.30. The summed E-state index contributed by atoms with van der Waals surface area (Å²) < 4.78 is 27.5. The van der Waals surface area contributed by atoms with Gasteiger partial charge in [-0.15, -0.1) is 11.3 Å². The van der Waals surface area contributed by atoms with Gasteiger partial charge in [0, 0.05) is 11.1 Å². The second-order valence-corrected chi connectivity index (χ2v) is 8.77. The van der Waals surface area contributed by atoms with E-state index in [1.165, 1.54) is 23.5 Å². The number of hydrogen-bond donors (Lipinski definition) is 1. The van der Waals surface area contributed by atoms with Gasteiger partial charge >= 0.3 is 5.97 Å². The van der Waals surface area contributed by atoms with E-state index in [9.17, 15) is 18.0 Å².